The Bertz CT molecular complexity index is 1110. The highest BCUT2D eigenvalue weighted by Crippen LogP contribution is 2.29. The quantitative estimate of drug-likeness (QED) is 0.372. The summed E-state index contributed by atoms with van der Waals surface area (Å²) >= 11 is 6.09. The Balaban J connectivity index is 2.15. The van der Waals surface area contributed by atoms with E-state index in [1.807, 2.05) is 0 Å². The second-order valence-corrected chi connectivity index (χ2v) is 6.52. The lowest BCUT2D eigenvalue weighted by Gasteiger charge is -2.08. The fourth-order valence-electron chi connectivity index (χ4n) is 2.54. The summed E-state index contributed by atoms with van der Waals surface area (Å²) in [5.74, 6) is -0.297. The van der Waals surface area contributed by atoms with Crippen LogP contribution in [0.4, 0.5) is 14.6 Å². The van der Waals surface area contributed by atoms with Gasteiger partial charge < -0.3 is 11.1 Å². The minimum absolute atomic E-state index is 0.0000512. The van der Waals surface area contributed by atoms with Crippen molar-refractivity contribution in [1.29, 1.82) is 0 Å². The Labute approximate surface area is 165 Å². The van der Waals surface area contributed by atoms with Crippen molar-refractivity contribution in [2.75, 3.05) is 5.32 Å². The van der Waals surface area contributed by atoms with Crippen LogP contribution < -0.4 is 11.1 Å². The van der Waals surface area contributed by atoms with E-state index in [1.165, 1.54) is 29.1 Å². The van der Waals surface area contributed by atoms with Crippen LogP contribution in [0.1, 0.15) is 13.8 Å². The van der Waals surface area contributed by atoms with Gasteiger partial charge in [-0.05, 0) is 32.1 Å². The lowest BCUT2D eigenvalue weighted by molar-refractivity contribution is 0.608. The van der Waals surface area contributed by atoms with Gasteiger partial charge in [-0.15, -0.1) is 0 Å². The van der Waals surface area contributed by atoms with E-state index in [0.29, 0.717) is 17.0 Å². The molecule has 0 unspecified atom stereocenters. The molecule has 0 fully saturated rings. The van der Waals surface area contributed by atoms with Crippen molar-refractivity contribution in [1.82, 2.24) is 14.8 Å². The Morgan fingerprint density at radius 1 is 1.32 bits per heavy atom. The van der Waals surface area contributed by atoms with E-state index in [0.717, 1.165) is 11.8 Å². The highest BCUT2D eigenvalue weighted by atomic mass is 35.5. The van der Waals surface area contributed by atoms with Gasteiger partial charge in [0.15, 0.2) is 5.82 Å². The van der Waals surface area contributed by atoms with Gasteiger partial charge in [0.1, 0.15) is 28.7 Å². The summed E-state index contributed by atoms with van der Waals surface area (Å²) in [6.07, 6.45) is 4.11. The van der Waals surface area contributed by atoms with E-state index in [9.17, 15) is 8.78 Å². The molecule has 0 saturated carbocycles. The Morgan fingerprint density at radius 3 is 2.71 bits per heavy atom. The first-order valence-corrected chi connectivity index (χ1v) is 8.57. The number of para-hydroxylation sites is 1. The highest BCUT2D eigenvalue weighted by Gasteiger charge is 2.17. The molecule has 144 valence electrons. The summed E-state index contributed by atoms with van der Waals surface area (Å²) in [4.78, 5) is 8.24. The molecule has 0 atom stereocenters. The van der Waals surface area contributed by atoms with Crippen LogP contribution in [-0.2, 0) is 0 Å². The van der Waals surface area contributed by atoms with Gasteiger partial charge in [0.05, 0.1) is 22.4 Å². The van der Waals surface area contributed by atoms with E-state index in [2.05, 4.69) is 27.0 Å². The normalized spacial score (nSPS) is 12.5. The van der Waals surface area contributed by atoms with Crippen molar-refractivity contribution in [3.63, 3.8) is 0 Å². The van der Waals surface area contributed by atoms with Crippen molar-refractivity contribution in [3.8, 4) is 5.69 Å². The maximum absolute atomic E-state index is 14.3. The summed E-state index contributed by atoms with van der Waals surface area (Å²) in [6, 6.07) is 4.24. The van der Waals surface area contributed by atoms with Gasteiger partial charge in [0, 0.05) is 6.20 Å². The minimum Gasteiger partial charge on any atom is -0.387 e. The molecule has 6 nitrogen and oxygen atoms in total. The zero-order valence-electron chi connectivity index (χ0n) is 15.2. The standard InChI is InChI=1S/C19H17ClF2N6/c1-10(2)7-16(25-11(3)23)26-19-12-9-28(27-17(12)15(22)8-24-19)18-13(20)5-4-6-14(18)21/h4-9H,1H2,2-3H3,(H2,23,25)(H,24,26)/b16-7+. The largest absolute Gasteiger partial charge is 0.387 e. The number of fused-ring (bicyclic) bond motifs is 1. The number of nitrogens with two attached hydrogens (primary N) is 1. The molecular weight excluding hydrogens is 386 g/mol. The van der Waals surface area contributed by atoms with Crippen LogP contribution in [0.3, 0.4) is 0 Å². The smallest absolute Gasteiger partial charge is 0.169 e. The van der Waals surface area contributed by atoms with E-state index in [1.54, 1.807) is 19.9 Å². The molecule has 0 radical (unpaired) electrons. The van der Waals surface area contributed by atoms with E-state index in [-0.39, 0.29) is 22.0 Å². The van der Waals surface area contributed by atoms with Gasteiger partial charge in [0.2, 0.25) is 0 Å². The van der Waals surface area contributed by atoms with Crippen molar-refractivity contribution in [2.45, 2.75) is 13.8 Å². The molecule has 28 heavy (non-hydrogen) atoms. The van der Waals surface area contributed by atoms with E-state index < -0.39 is 11.6 Å². The predicted octanol–water partition coefficient (Wildman–Crippen LogP) is 4.56. The fraction of sp³-hybridized carbons (Fsp3) is 0.105. The van der Waals surface area contributed by atoms with Crippen LogP contribution in [-0.4, -0.2) is 20.6 Å². The number of benzene rings is 1. The topological polar surface area (TPSA) is 81.1 Å². The number of aromatic nitrogens is 3. The molecule has 3 aromatic rings. The zero-order valence-corrected chi connectivity index (χ0v) is 15.9. The summed E-state index contributed by atoms with van der Waals surface area (Å²) in [7, 11) is 0. The third-order valence-electron chi connectivity index (χ3n) is 3.60. The Hall–Kier alpha value is -3.26. The average Bonchev–Trinajstić information content (AvgIpc) is 3.02. The molecule has 0 aliphatic rings. The first-order chi connectivity index (χ1) is 13.3. The van der Waals surface area contributed by atoms with Gasteiger partial charge in [-0.3, -0.25) is 0 Å². The molecule has 0 saturated heterocycles. The Kier molecular flexibility index (Phi) is 5.41. The van der Waals surface area contributed by atoms with E-state index >= 15 is 0 Å². The number of anilines is 1. The van der Waals surface area contributed by atoms with Crippen molar-refractivity contribution >= 4 is 34.2 Å². The SMILES string of the molecule is C=C(C)/C=C(\N=C(C)N)Nc1ncc(F)c2nn(-c3c(F)cccc3Cl)cc12. The molecule has 0 aliphatic heterocycles. The number of pyridine rings is 1. The molecule has 0 spiro atoms. The summed E-state index contributed by atoms with van der Waals surface area (Å²) in [5.41, 5.74) is 6.39. The molecule has 3 N–H and O–H groups in total. The van der Waals surface area contributed by atoms with Crippen molar-refractivity contribution < 1.29 is 8.78 Å². The van der Waals surface area contributed by atoms with Crippen LogP contribution in [0.5, 0.6) is 0 Å². The van der Waals surface area contributed by atoms with Crippen LogP contribution >= 0.6 is 11.6 Å². The third kappa shape index (κ3) is 4.01. The van der Waals surface area contributed by atoms with Gasteiger partial charge in [-0.25, -0.2) is 23.4 Å². The van der Waals surface area contributed by atoms with Crippen molar-refractivity contribution in [2.24, 2.45) is 10.7 Å². The van der Waals surface area contributed by atoms with Crippen LogP contribution in [0.15, 0.2) is 59.6 Å². The summed E-state index contributed by atoms with van der Waals surface area (Å²) in [5, 5.41) is 7.57. The maximum atomic E-state index is 14.3. The van der Waals surface area contributed by atoms with Crippen LogP contribution in [0.2, 0.25) is 5.02 Å². The molecule has 9 heteroatoms. The first kappa shape index (κ1) is 19.5. The zero-order chi connectivity index (χ0) is 20.4. The number of hydrogen-bond acceptors (Lipinski definition) is 4. The molecular formula is C19H17ClF2N6. The number of nitrogens with zero attached hydrogens (tertiary/aromatic N) is 4. The molecule has 1 aromatic carbocycles. The molecule has 0 amide bonds. The molecule has 3 rings (SSSR count). The summed E-state index contributed by atoms with van der Waals surface area (Å²) in [6.45, 7) is 7.22. The number of rotatable bonds is 5. The number of amidine groups is 1. The number of halogens is 3. The van der Waals surface area contributed by atoms with E-state index in [4.69, 9.17) is 17.3 Å². The number of hydrogen-bond donors (Lipinski definition) is 2. The number of aliphatic imine (C=N–C) groups is 1. The van der Waals surface area contributed by atoms with Crippen LogP contribution in [0, 0.1) is 11.6 Å². The predicted molar refractivity (Wildman–Crippen MR) is 108 cm³/mol. The lowest BCUT2D eigenvalue weighted by atomic mass is 10.3. The molecule has 0 bridgehead atoms. The summed E-state index contributed by atoms with van der Waals surface area (Å²) < 4.78 is 29.7. The van der Waals surface area contributed by atoms with Gasteiger partial charge in [-0.2, -0.15) is 5.10 Å². The highest BCUT2D eigenvalue weighted by molar-refractivity contribution is 6.32. The average molecular weight is 403 g/mol. The van der Waals surface area contributed by atoms with Crippen molar-refractivity contribution in [3.05, 3.63) is 71.3 Å². The van der Waals surface area contributed by atoms with Gasteiger partial charge in [0.25, 0.3) is 0 Å². The fourth-order valence-corrected chi connectivity index (χ4v) is 2.79. The number of nitrogens with one attached hydrogen (secondary N) is 1. The Morgan fingerprint density at radius 2 is 2.07 bits per heavy atom. The van der Waals surface area contributed by atoms with Gasteiger partial charge in [-0.1, -0.05) is 29.8 Å². The molecule has 0 aliphatic carbocycles. The second-order valence-electron chi connectivity index (χ2n) is 6.12. The third-order valence-corrected chi connectivity index (χ3v) is 3.90. The van der Waals surface area contributed by atoms with Gasteiger partial charge >= 0.3 is 0 Å². The van der Waals surface area contributed by atoms with Crippen LogP contribution in [0.25, 0.3) is 16.6 Å². The number of allylic oxidation sites excluding steroid dienone is 2. The monoisotopic (exact) mass is 402 g/mol. The first-order valence-electron chi connectivity index (χ1n) is 8.19. The maximum Gasteiger partial charge on any atom is 0.169 e. The molecule has 2 heterocycles. The molecule has 2 aromatic heterocycles. The minimum atomic E-state index is -0.657. The second kappa shape index (κ2) is 7.77. The lowest BCUT2D eigenvalue weighted by Crippen LogP contribution is -2.09.